The third-order valence-electron chi connectivity index (χ3n) is 6.41. The molecule has 0 aliphatic heterocycles. The van der Waals surface area contributed by atoms with E-state index in [0.29, 0.717) is 30.4 Å². The van der Waals surface area contributed by atoms with Gasteiger partial charge in [0.25, 0.3) is 0 Å². The van der Waals surface area contributed by atoms with Crippen molar-refractivity contribution in [3.8, 4) is 0 Å². The first-order valence-corrected chi connectivity index (χ1v) is 26.8. The summed E-state index contributed by atoms with van der Waals surface area (Å²) in [6.45, 7) is 12.5. The topological polar surface area (TPSA) is 164 Å². The summed E-state index contributed by atoms with van der Waals surface area (Å²) < 4.78 is 21.6. The number of hydrogen-bond acceptors (Lipinski definition) is 13. The number of urea groups is 1. The van der Waals surface area contributed by atoms with E-state index < -0.39 is 92.8 Å². The van der Waals surface area contributed by atoms with E-state index >= 15 is 0 Å². The number of primary amides is 1. The molecule has 0 aliphatic carbocycles. The van der Waals surface area contributed by atoms with E-state index in [4.69, 9.17) is 42.7 Å². The number of hydrogen-bond donors (Lipinski definition) is 4. The fourth-order valence-electron chi connectivity index (χ4n) is 3.52. The van der Waals surface area contributed by atoms with Gasteiger partial charge in [-0.25, -0.2) is 0 Å². The average molecular weight is 1220 g/mol. The number of carbonyl (C=O) groups excluding carboxylic acids is 1. The van der Waals surface area contributed by atoms with Crippen molar-refractivity contribution < 1.29 is 93.4 Å². The maximum absolute atomic E-state index is 11.2. The number of rotatable bonds is 28. The number of nitrogens with zero attached hydrogens (tertiary/aromatic N) is 2. The van der Waals surface area contributed by atoms with Crippen molar-refractivity contribution >= 4 is 83.0 Å². The van der Waals surface area contributed by atoms with Crippen molar-refractivity contribution in [1.82, 2.24) is 15.6 Å². The van der Waals surface area contributed by atoms with Crippen LogP contribution >= 0.6 is 76.9 Å². The molecule has 5 N–H and O–H groups in total. The summed E-state index contributed by atoms with van der Waals surface area (Å²) in [6.07, 6.45) is 1.66. The number of amides is 2. The minimum absolute atomic E-state index is 0.0792. The molecule has 0 heterocycles. The number of ether oxygens (including phenoxy) is 1. The summed E-state index contributed by atoms with van der Waals surface area (Å²) in [5.41, 5.74) is 3.70. The molecule has 0 spiro atoms. The van der Waals surface area contributed by atoms with E-state index in [-0.39, 0.29) is 11.2 Å². The first kappa shape index (κ1) is 46.8. The molecular weight excluding hydrogens is 1170 g/mol. The van der Waals surface area contributed by atoms with Crippen LogP contribution in [0.15, 0.2) is 0 Å². The second-order valence-electron chi connectivity index (χ2n) is 9.92. The van der Waals surface area contributed by atoms with Crippen molar-refractivity contribution in [3.63, 3.8) is 0 Å². The van der Waals surface area contributed by atoms with Crippen molar-refractivity contribution in [3.05, 3.63) is 0 Å². The molecule has 4 unspecified atom stereocenters. The molecule has 0 fully saturated rings. The van der Waals surface area contributed by atoms with Gasteiger partial charge in [-0.1, -0.05) is 0 Å². The van der Waals surface area contributed by atoms with Gasteiger partial charge in [-0.3, -0.25) is 0 Å². The zero-order valence-corrected chi connectivity index (χ0v) is 38.4. The SMILES string of the molecule is CCC(C)(O[N+](CCCNC(N)=O)(OC)OC[I-]O)C(C)(CC)C(I)ON(OCI)OC(C)(C)[I-]ONSCI(C)COC. The molecule has 44 heavy (non-hydrogen) atoms. The van der Waals surface area contributed by atoms with Crippen molar-refractivity contribution in [2.45, 2.75) is 74.1 Å². The van der Waals surface area contributed by atoms with E-state index in [1.165, 1.54) is 7.11 Å². The monoisotopic (exact) mass is 1220 g/mol. The number of halogens is 5. The zero-order valence-electron chi connectivity index (χ0n) is 26.8. The Balaban J connectivity index is 5.73. The molecule has 0 aliphatic rings. The molecular formula is C23H51I5N5O10S-. The van der Waals surface area contributed by atoms with E-state index in [1.807, 2.05) is 27.7 Å². The number of nitrogens with one attached hydrogen (secondary N) is 2. The predicted octanol–water partition coefficient (Wildman–Crippen LogP) is -1.32. The van der Waals surface area contributed by atoms with Gasteiger partial charge in [-0.05, 0) is 0 Å². The zero-order chi connectivity index (χ0) is 33.9. The Bertz CT molecular complexity index is 795. The fourth-order valence-corrected chi connectivity index (χ4v) is 11.0. The molecule has 0 saturated carbocycles. The number of quaternary nitrogens is 1. The average Bonchev–Trinajstić information content (AvgIpc) is 2.97. The van der Waals surface area contributed by atoms with Crippen LogP contribution in [0.1, 0.15) is 60.8 Å². The van der Waals surface area contributed by atoms with E-state index in [0.717, 1.165) is 13.8 Å². The number of carbonyl (C=O) groups is 1. The van der Waals surface area contributed by atoms with Crippen LogP contribution in [0.4, 0.5) is 4.79 Å². The molecule has 0 aromatic carbocycles. The Kier molecular flexibility index (Phi) is 26.4. The molecule has 4 atom stereocenters. The van der Waals surface area contributed by atoms with Crippen LogP contribution in [0.3, 0.4) is 0 Å². The van der Waals surface area contributed by atoms with Crippen LogP contribution < -0.4 is 59.2 Å². The van der Waals surface area contributed by atoms with Crippen LogP contribution in [-0.2, 0) is 36.9 Å². The third kappa shape index (κ3) is 17.6. The maximum atomic E-state index is 11.2. The van der Waals surface area contributed by atoms with Crippen LogP contribution in [0, 0.1) is 5.41 Å². The first-order valence-electron chi connectivity index (χ1n) is 13.4. The molecule has 0 aromatic heterocycles. The van der Waals surface area contributed by atoms with Crippen molar-refractivity contribution in [2.75, 3.05) is 49.8 Å². The van der Waals surface area contributed by atoms with Crippen LogP contribution in [0.2, 0.25) is 0 Å². The molecule has 0 bridgehead atoms. The number of alkyl halides is 7. The molecule has 0 rings (SSSR count). The minimum atomic E-state index is -1.20. The van der Waals surface area contributed by atoms with Gasteiger partial charge in [-0.15, -0.1) is 0 Å². The van der Waals surface area contributed by atoms with Gasteiger partial charge in [0.15, 0.2) is 0 Å². The summed E-state index contributed by atoms with van der Waals surface area (Å²) in [4.78, 5) is 52.3. The van der Waals surface area contributed by atoms with Gasteiger partial charge in [0.1, 0.15) is 0 Å². The predicted molar refractivity (Wildman–Crippen MR) is 185 cm³/mol. The summed E-state index contributed by atoms with van der Waals surface area (Å²) >= 11 is 2.63. The Hall–Kier alpha value is 2.79. The van der Waals surface area contributed by atoms with Gasteiger partial charge in [0.05, 0.1) is 0 Å². The van der Waals surface area contributed by atoms with Gasteiger partial charge < -0.3 is 0 Å². The van der Waals surface area contributed by atoms with Crippen molar-refractivity contribution in [1.29, 1.82) is 0 Å². The molecule has 2 amide bonds. The molecule has 21 heteroatoms. The Morgan fingerprint density at radius 2 is 1.91 bits per heavy atom. The Morgan fingerprint density at radius 3 is 2.43 bits per heavy atom. The van der Waals surface area contributed by atoms with Gasteiger partial charge in [0, 0.05) is 0 Å². The summed E-state index contributed by atoms with van der Waals surface area (Å²) in [5.74, 6) is 0. The van der Waals surface area contributed by atoms with Crippen molar-refractivity contribution in [2.24, 2.45) is 11.1 Å². The van der Waals surface area contributed by atoms with Gasteiger partial charge >= 0.3 is 327 Å². The number of hydroxylamine groups is 3. The molecule has 270 valence electrons. The quantitative estimate of drug-likeness (QED) is 0.0183. The van der Waals surface area contributed by atoms with Gasteiger partial charge in [-0.2, -0.15) is 0 Å². The standard InChI is InChI=1S/C23H51I5N5O10S/c1-10-22(5,23(6,11-2)42-33(37-9,39-16-26-35)14-12-13-30-20(29)34)19(25)40-32(38-15-24)41-21(3,4)27-43-31-44-18-28(7)17-36-8/h19,31,35H,10-18H2,1-9H3,(H3,29,30,34)/q-1. The number of methoxy groups -OCH3 is 1. The third-order valence-corrected chi connectivity index (χ3v) is 17.3. The molecule has 0 saturated heterocycles. The summed E-state index contributed by atoms with van der Waals surface area (Å²) in [6, 6.07) is -0.618. The van der Waals surface area contributed by atoms with E-state index in [9.17, 15) is 8.23 Å². The summed E-state index contributed by atoms with van der Waals surface area (Å²) in [5, 5.41) is 3.63. The van der Waals surface area contributed by atoms with E-state index in [1.54, 1.807) is 19.1 Å². The second kappa shape index (κ2) is 24.9. The Labute approximate surface area is 323 Å². The Morgan fingerprint density at radius 1 is 1.23 bits per heavy atom. The molecule has 0 aromatic rings. The summed E-state index contributed by atoms with van der Waals surface area (Å²) in [7, 11) is 3.20. The van der Waals surface area contributed by atoms with Crippen LogP contribution in [0.25, 0.3) is 0 Å². The normalized spacial score (nSPS) is 17.7. The molecule has 15 nitrogen and oxygen atoms in total. The van der Waals surface area contributed by atoms with Crippen LogP contribution in [0.5, 0.6) is 0 Å². The van der Waals surface area contributed by atoms with Gasteiger partial charge in [0.2, 0.25) is 0 Å². The van der Waals surface area contributed by atoms with E-state index in [2.05, 4.69) is 74.2 Å². The second-order valence-corrected chi connectivity index (χ2v) is 23.7. The molecule has 0 radical (unpaired) electrons. The number of nitrogens with two attached hydrogens (primary N) is 1. The fraction of sp³-hybridized carbons (Fsp3) is 0.957. The van der Waals surface area contributed by atoms with Crippen LogP contribution in [-0.4, -0.2) is 83.0 Å². The first-order chi connectivity index (χ1) is 20.6.